The Bertz CT molecular complexity index is 1940. The molecule has 180 valence electrons. The molecule has 0 aliphatic heterocycles. The van der Waals surface area contributed by atoms with Crippen LogP contribution in [-0.4, -0.2) is 0 Å². The number of benzene rings is 7. The third-order valence-corrected chi connectivity index (χ3v) is 7.55. The van der Waals surface area contributed by atoms with E-state index in [4.69, 9.17) is 0 Å². The minimum absolute atomic E-state index is 1.17. The van der Waals surface area contributed by atoms with Crippen LogP contribution in [0.15, 0.2) is 146 Å². The summed E-state index contributed by atoms with van der Waals surface area (Å²) in [6, 6.07) is 52.7. The molecule has 38 heavy (non-hydrogen) atoms. The van der Waals surface area contributed by atoms with E-state index in [9.17, 15) is 0 Å². The average molecular weight is 486 g/mol. The Kier molecular flexibility index (Phi) is 5.41. The number of anilines is 3. The zero-order valence-corrected chi connectivity index (χ0v) is 21.3. The molecule has 7 rings (SSSR count). The van der Waals surface area contributed by atoms with E-state index in [-0.39, 0.29) is 0 Å². The van der Waals surface area contributed by atoms with Gasteiger partial charge in [0.25, 0.3) is 0 Å². The number of hydrogen-bond acceptors (Lipinski definition) is 1. The fourth-order valence-corrected chi connectivity index (χ4v) is 5.70. The van der Waals surface area contributed by atoms with Gasteiger partial charge in [-0.15, -0.1) is 0 Å². The number of nitrogens with zero attached hydrogens (tertiary/aromatic N) is 1. The van der Waals surface area contributed by atoms with Gasteiger partial charge in [-0.1, -0.05) is 121 Å². The van der Waals surface area contributed by atoms with Crippen molar-refractivity contribution in [1.82, 2.24) is 0 Å². The Morgan fingerprint density at radius 2 is 0.974 bits per heavy atom. The summed E-state index contributed by atoms with van der Waals surface area (Å²) in [6.07, 6.45) is 0. The number of para-hydroxylation sites is 1. The van der Waals surface area contributed by atoms with Crippen molar-refractivity contribution in [1.29, 1.82) is 0 Å². The normalized spacial score (nSPS) is 11.3. The monoisotopic (exact) mass is 485 g/mol. The smallest absolute Gasteiger partial charge is 0.0546 e. The van der Waals surface area contributed by atoms with Crippen LogP contribution in [0.25, 0.3) is 43.4 Å². The minimum atomic E-state index is 1.17. The summed E-state index contributed by atoms with van der Waals surface area (Å²) in [6.45, 7) is 2.20. The topological polar surface area (TPSA) is 3.24 Å². The number of hydrogen-bond donors (Lipinski definition) is 0. The molecule has 0 atom stereocenters. The molecule has 0 aromatic heterocycles. The highest BCUT2D eigenvalue weighted by atomic mass is 15.1. The molecule has 0 amide bonds. The second-order valence-corrected chi connectivity index (χ2v) is 9.86. The molecule has 0 bridgehead atoms. The van der Waals surface area contributed by atoms with Crippen molar-refractivity contribution in [2.45, 2.75) is 6.92 Å². The molecule has 0 fully saturated rings. The largest absolute Gasteiger partial charge is 0.309 e. The van der Waals surface area contributed by atoms with E-state index in [1.165, 1.54) is 66.1 Å². The van der Waals surface area contributed by atoms with Crippen molar-refractivity contribution in [3.63, 3.8) is 0 Å². The van der Waals surface area contributed by atoms with Crippen LogP contribution in [0.4, 0.5) is 17.1 Å². The maximum Gasteiger partial charge on any atom is 0.0546 e. The summed E-state index contributed by atoms with van der Waals surface area (Å²) in [5.41, 5.74) is 7.22. The maximum absolute atomic E-state index is 2.45. The number of aryl methyl sites for hydroxylation is 1. The molecule has 0 spiro atoms. The summed E-state index contributed by atoms with van der Waals surface area (Å²) in [5, 5.41) is 7.45. The van der Waals surface area contributed by atoms with Crippen LogP contribution in [0, 0.1) is 6.92 Å². The van der Waals surface area contributed by atoms with E-state index in [0.29, 0.717) is 0 Å². The minimum Gasteiger partial charge on any atom is -0.309 e. The zero-order chi connectivity index (χ0) is 25.5. The molecule has 0 radical (unpaired) electrons. The Morgan fingerprint density at radius 1 is 0.395 bits per heavy atom. The fourth-order valence-electron chi connectivity index (χ4n) is 5.70. The molecule has 0 heterocycles. The Hall–Kier alpha value is -4.88. The van der Waals surface area contributed by atoms with Gasteiger partial charge in [0.2, 0.25) is 0 Å². The second kappa shape index (κ2) is 9.21. The molecule has 0 saturated heterocycles. The predicted octanol–water partition coefficient (Wildman–Crippen LogP) is 10.6. The second-order valence-electron chi connectivity index (χ2n) is 9.86. The summed E-state index contributed by atoms with van der Waals surface area (Å²) >= 11 is 0. The van der Waals surface area contributed by atoms with Gasteiger partial charge in [0.1, 0.15) is 0 Å². The molecule has 0 aliphatic rings. The number of rotatable bonds is 4. The van der Waals surface area contributed by atoms with Crippen molar-refractivity contribution in [2.75, 3.05) is 4.90 Å². The van der Waals surface area contributed by atoms with Gasteiger partial charge in [0, 0.05) is 16.6 Å². The first-order valence-corrected chi connectivity index (χ1v) is 13.1. The lowest BCUT2D eigenvalue weighted by Gasteiger charge is -2.31. The molecule has 1 heteroatoms. The SMILES string of the molecule is Cc1ccccc1N(c1ccc2ccccc2c1-c1ccc2ccccc2c1)c1cccc2ccccc12. The molecule has 7 aromatic rings. The quantitative estimate of drug-likeness (QED) is 0.240. The molecule has 1 nitrogen and oxygen atoms in total. The average Bonchev–Trinajstić information content (AvgIpc) is 2.98. The van der Waals surface area contributed by atoms with E-state index in [1.54, 1.807) is 0 Å². The van der Waals surface area contributed by atoms with E-state index in [1.807, 2.05) is 0 Å². The van der Waals surface area contributed by atoms with E-state index in [0.717, 1.165) is 0 Å². The maximum atomic E-state index is 2.45. The lowest BCUT2D eigenvalue weighted by Crippen LogP contribution is -2.13. The molecule has 0 unspecified atom stereocenters. The van der Waals surface area contributed by atoms with Gasteiger partial charge in [-0.2, -0.15) is 0 Å². The third-order valence-electron chi connectivity index (χ3n) is 7.55. The van der Waals surface area contributed by atoms with E-state index >= 15 is 0 Å². The lowest BCUT2D eigenvalue weighted by atomic mass is 9.93. The van der Waals surface area contributed by atoms with Gasteiger partial charge in [0.15, 0.2) is 0 Å². The fraction of sp³-hybridized carbons (Fsp3) is 0.0270. The standard InChI is InChI=1S/C37H27N/c1-26-11-2-9-19-34(26)38(35-20-10-16-28-13-5-7-17-32(28)35)36-24-23-29-14-6-8-18-33(29)37(36)31-22-21-27-12-3-4-15-30(27)25-31/h2-25H,1H3. The van der Waals surface area contributed by atoms with Crippen LogP contribution in [0.1, 0.15) is 5.56 Å². The lowest BCUT2D eigenvalue weighted by molar-refractivity contribution is 1.27. The molecule has 0 saturated carbocycles. The Morgan fingerprint density at radius 3 is 1.79 bits per heavy atom. The van der Waals surface area contributed by atoms with E-state index in [2.05, 4.69) is 157 Å². The highest BCUT2D eigenvalue weighted by molar-refractivity contribution is 6.09. The van der Waals surface area contributed by atoms with Crippen LogP contribution < -0.4 is 4.90 Å². The first kappa shape index (κ1) is 22.3. The van der Waals surface area contributed by atoms with Gasteiger partial charge >= 0.3 is 0 Å². The van der Waals surface area contributed by atoms with E-state index < -0.39 is 0 Å². The first-order valence-electron chi connectivity index (χ1n) is 13.1. The van der Waals surface area contributed by atoms with Crippen molar-refractivity contribution in [3.05, 3.63) is 151 Å². The molecule has 0 N–H and O–H groups in total. The zero-order valence-electron chi connectivity index (χ0n) is 21.3. The molecule has 0 aliphatic carbocycles. The van der Waals surface area contributed by atoms with Crippen molar-refractivity contribution in [2.24, 2.45) is 0 Å². The Labute approximate surface area is 223 Å². The first-order chi connectivity index (χ1) is 18.8. The van der Waals surface area contributed by atoms with Crippen molar-refractivity contribution in [3.8, 4) is 11.1 Å². The van der Waals surface area contributed by atoms with Gasteiger partial charge < -0.3 is 4.90 Å². The van der Waals surface area contributed by atoms with Gasteiger partial charge in [-0.05, 0) is 69.2 Å². The highest BCUT2D eigenvalue weighted by Gasteiger charge is 2.22. The molecular weight excluding hydrogens is 458 g/mol. The van der Waals surface area contributed by atoms with Gasteiger partial charge in [0.05, 0.1) is 11.4 Å². The van der Waals surface area contributed by atoms with Crippen molar-refractivity contribution >= 4 is 49.4 Å². The summed E-state index contributed by atoms with van der Waals surface area (Å²) in [5.74, 6) is 0. The predicted molar refractivity (Wildman–Crippen MR) is 164 cm³/mol. The summed E-state index contributed by atoms with van der Waals surface area (Å²) in [4.78, 5) is 2.45. The molecule has 7 aromatic carbocycles. The van der Waals surface area contributed by atoms with Gasteiger partial charge in [-0.25, -0.2) is 0 Å². The molecular formula is C37H27N. The van der Waals surface area contributed by atoms with Crippen molar-refractivity contribution < 1.29 is 0 Å². The Balaban J connectivity index is 1.60. The van der Waals surface area contributed by atoms with Gasteiger partial charge in [-0.3, -0.25) is 0 Å². The summed E-state index contributed by atoms with van der Waals surface area (Å²) in [7, 11) is 0. The number of fused-ring (bicyclic) bond motifs is 3. The van der Waals surface area contributed by atoms with Crippen LogP contribution in [0.3, 0.4) is 0 Å². The van der Waals surface area contributed by atoms with Crippen LogP contribution in [0.5, 0.6) is 0 Å². The highest BCUT2D eigenvalue weighted by Crippen LogP contribution is 2.47. The summed E-state index contributed by atoms with van der Waals surface area (Å²) < 4.78 is 0. The van der Waals surface area contributed by atoms with Crippen LogP contribution in [-0.2, 0) is 0 Å². The van der Waals surface area contributed by atoms with Crippen LogP contribution in [0.2, 0.25) is 0 Å². The third kappa shape index (κ3) is 3.72. The van der Waals surface area contributed by atoms with Crippen LogP contribution >= 0.6 is 0 Å².